The number of halogens is 4. The van der Waals surface area contributed by atoms with Crippen LogP contribution in [0.15, 0.2) is 15.9 Å². The van der Waals surface area contributed by atoms with E-state index in [2.05, 4.69) is 21.2 Å². The van der Waals surface area contributed by atoms with Crippen molar-refractivity contribution in [1.82, 2.24) is 5.32 Å². The minimum absolute atomic E-state index is 0.323. The third-order valence-corrected chi connectivity index (χ3v) is 3.27. The van der Waals surface area contributed by atoms with Crippen LogP contribution in [0.2, 0.25) is 0 Å². The van der Waals surface area contributed by atoms with E-state index in [-0.39, 0.29) is 0 Å². The second-order valence-electron chi connectivity index (χ2n) is 2.89. The summed E-state index contributed by atoms with van der Waals surface area (Å²) in [4.78, 5) is 0.913. The smallest absolute Gasteiger partial charge is 0.382 e. The molecule has 15 heavy (non-hydrogen) atoms. The van der Waals surface area contributed by atoms with Gasteiger partial charge in [-0.05, 0) is 28.1 Å². The van der Waals surface area contributed by atoms with E-state index in [1.165, 1.54) is 11.3 Å². The fraction of sp³-hybridized carbons (Fsp3) is 0.500. The lowest BCUT2D eigenvalue weighted by Crippen LogP contribution is -2.38. The second kappa shape index (κ2) is 5.29. The largest absolute Gasteiger partial charge is 0.415 e. The first-order chi connectivity index (χ1) is 6.89. The van der Waals surface area contributed by atoms with E-state index in [0.29, 0.717) is 6.54 Å². The first-order valence-electron chi connectivity index (χ1n) is 4.09. The monoisotopic (exact) mass is 303 g/mol. The minimum Gasteiger partial charge on any atom is -0.382 e. The molecule has 0 radical (unpaired) electrons. The molecule has 0 saturated heterocycles. The highest BCUT2D eigenvalue weighted by molar-refractivity contribution is 9.11. The number of rotatable bonds is 4. The van der Waals surface area contributed by atoms with Crippen LogP contribution in [0.25, 0.3) is 0 Å². The van der Waals surface area contributed by atoms with Gasteiger partial charge in [0, 0.05) is 18.0 Å². The molecule has 2 nitrogen and oxygen atoms in total. The Hall–Kier alpha value is -0.110. The molecule has 0 aliphatic heterocycles. The van der Waals surface area contributed by atoms with E-state index in [0.717, 1.165) is 8.66 Å². The number of aliphatic hydroxyl groups excluding tert-OH is 1. The van der Waals surface area contributed by atoms with Crippen molar-refractivity contribution in [1.29, 1.82) is 0 Å². The van der Waals surface area contributed by atoms with Crippen LogP contribution in [0, 0.1) is 0 Å². The lowest BCUT2D eigenvalue weighted by molar-refractivity contribution is -0.201. The average molecular weight is 304 g/mol. The second-order valence-corrected chi connectivity index (χ2v) is 5.44. The molecule has 0 aromatic carbocycles. The molecule has 0 aliphatic carbocycles. The van der Waals surface area contributed by atoms with Gasteiger partial charge in [0.1, 0.15) is 0 Å². The van der Waals surface area contributed by atoms with Crippen LogP contribution in [-0.2, 0) is 6.54 Å². The predicted molar refractivity (Wildman–Crippen MR) is 55.8 cm³/mol. The summed E-state index contributed by atoms with van der Waals surface area (Å²) in [5.41, 5.74) is 0. The van der Waals surface area contributed by atoms with E-state index in [9.17, 15) is 13.2 Å². The van der Waals surface area contributed by atoms with Crippen molar-refractivity contribution in [2.45, 2.75) is 18.8 Å². The Morgan fingerprint density at radius 3 is 2.60 bits per heavy atom. The van der Waals surface area contributed by atoms with Crippen LogP contribution in [0.1, 0.15) is 4.88 Å². The topological polar surface area (TPSA) is 32.3 Å². The predicted octanol–water partition coefficient (Wildman–Crippen LogP) is 2.52. The Bertz CT molecular complexity index is 315. The maximum Gasteiger partial charge on any atom is 0.415 e. The minimum atomic E-state index is -4.55. The Labute approximate surface area is 97.2 Å². The first kappa shape index (κ1) is 13.0. The summed E-state index contributed by atoms with van der Waals surface area (Å²) in [7, 11) is 0. The van der Waals surface area contributed by atoms with Crippen LogP contribution >= 0.6 is 27.3 Å². The number of thiophene rings is 1. The fourth-order valence-corrected chi connectivity index (χ4v) is 2.35. The Morgan fingerprint density at radius 1 is 1.47 bits per heavy atom. The molecule has 0 amide bonds. The first-order valence-corrected chi connectivity index (χ1v) is 5.70. The fourth-order valence-electron chi connectivity index (χ4n) is 0.895. The van der Waals surface area contributed by atoms with Gasteiger partial charge in [-0.3, -0.25) is 0 Å². The summed E-state index contributed by atoms with van der Waals surface area (Å²) in [5.74, 6) is 0. The van der Waals surface area contributed by atoms with Crippen molar-refractivity contribution in [3.63, 3.8) is 0 Å². The normalized spacial score (nSPS) is 14.2. The van der Waals surface area contributed by atoms with Gasteiger partial charge >= 0.3 is 6.18 Å². The van der Waals surface area contributed by atoms with Crippen LogP contribution < -0.4 is 5.32 Å². The number of hydrogen-bond donors (Lipinski definition) is 2. The van der Waals surface area contributed by atoms with Gasteiger partial charge in [0.2, 0.25) is 0 Å². The summed E-state index contributed by atoms with van der Waals surface area (Å²) in [5, 5.41) is 11.2. The molecule has 1 atom stereocenters. The zero-order valence-electron chi connectivity index (χ0n) is 7.51. The Morgan fingerprint density at radius 2 is 2.13 bits per heavy atom. The van der Waals surface area contributed by atoms with Crippen molar-refractivity contribution in [3.05, 3.63) is 20.8 Å². The molecule has 1 heterocycles. The molecule has 1 aromatic heterocycles. The van der Waals surface area contributed by atoms with Gasteiger partial charge in [0.15, 0.2) is 6.10 Å². The highest BCUT2D eigenvalue weighted by Gasteiger charge is 2.37. The van der Waals surface area contributed by atoms with Gasteiger partial charge in [-0.25, -0.2) is 0 Å². The number of nitrogens with one attached hydrogen (secondary N) is 1. The van der Waals surface area contributed by atoms with Crippen molar-refractivity contribution < 1.29 is 18.3 Å². The van der Waals surface area contributed by atoms with Gasteiger partial charge in [-0.2, -0.15) is 13.2 Å². The summed E-state index contributed by atoms with van der Waals surface area (Å²) < 4.78 is 36.6. The number of alkyl halides is 3. The third-order valence-electron chi connectivity index (χ3n) is 1.64. The standard InChI is InChI=1S/C8H9BrF3NOS/c9-7-2-1-5(15-7)3-13-4-6(14)8(10,11)12/h1-2,6,13-14H,3-4H2. The van der Waals surface area contributed by atoms with E-state index < -0.39 is 18.8 Å². The highest BCUT2D eigenvalue weighted by Crippen LogP contribution is 2.22. The highest BCUT2D eigenvalue weighted by atomic mass is 79.9. The summed E-state index contributed by atoms with van der Waals surface area (Å²) in [6.45, 7) is -0.164. The zero-order chi connectivity index (χ0) is 11.5. The third kappa shape index (κ3) is 4.50. The van der Waals surface area contributed by atoms with E-state index in [1.807, 2.05) is 12.1 Å². The zero-order valence-corrected chi connectivity index (χ0v) is 9.92. The lowest BCUT2D eigenvalue weighted by Gasteiger charge is -2.14. The van der Waals surface area contributed by atoms with Crippen LogP contribution in [0.4, 0.5) is 13.2 Å². The van der Waals surface area contributed by atoms with Gasteiger partial charge in [0.05, 0.1) is 3.79 Å². The van der Waals surface area contributed by atoms with E-state index in [1.54, 1.807) is 0 Å². The Balaban J connectivity index is 2.28. The Kier molecular flexibility index (Phi) is 4.57. The molecule has 0 aliphatic rings. The summed E-state index contributed by atoms with van der Waals surface area (Å²) in [6.07, 6.45) is -6.86. The molecular weight excluding hydrogens is 295 g/mol. The maximum absolute atomic E-state index is 11.9. The lowest BCUT2D eigenvalue weighted by atomic mass is 10.3. The average Bonchev–Trinajstić information content (AvgIpc) is 2.49. The van der Waals surface area contributed by atoms with Crippen molar-refractivity contribution in [2.75, 3.05) is 6.54 Å². The van der Waals surface area contributed by atoms with Gasteiger partial charge in [-0.15, -0.1) is 11.3 Å². The van der Waals surface area contributed by atoms with Gasteiger partial charge in [0.25, 0.3) is 0 Å². The van der Waals surface area contributed by atoms with E-state index >= 15 is 0 Å². The molecule has 2 N–H and O–H groups in total. The summed E-state index contributed by atoms with van der Waals surface area (Å²) in [6, 6.07) is 3.63. The van der Waals surface area contributed by atoms with Crippen LogP contribution in [0.3, 0.4) is 0 Å². The quantitative estimate of drug-likeness (QED) is 0.896. The summed E-state index contributed by atoms with van der Waals surface area (Å²) >= 11 is 4.68. The van der Waals surface area contributed by atoms with Crippen LogP contribution in [-0.4, -0.2) is 23.9 Å². The molecule has 1 aromatic rings. The van der Waals surface area contributed by atoms with Gasteiger partial charge < -0.3 is 10.4 Å². The molecule has 0 fully saturated rings. The molecule has 86 valence electrons. The number of aliphatic hydroxyl groups is 1. The molecule has 0 saturated carbocycles. The van der Waals surface area contributed by atoms with Crippen molar-refractivity contribution in [2.24, 2.45) is 0 Å². The van der Waals surface area contributed by atoms with Crippen LogP contribution in [0.5, 0.6) is 0 Å². The molecule has 0 spiro atoms. The number of hydrogen-bond acceptors (Lipinski definition) is 3. The van der Waals surface area contributed by atoms with Crippen molar-refractivity contribution in [3.8, 4) is 0 Å². The SMILES string of the molecule is OC(CNCc1ccc(Br)s1)C(F)(F)F. The van der Waals surface area contributed by atoms with Crippen molar-refractivity contribution >= 4 is 27.3 Å². The molecule has 1 rings (SSSR count). The molecule has 0 bridgehead atoms. The molecule has 7 heteroatoms. The van der Waals surface area contributed by atoms with Gasteiger partial charge in [-0.1, -0.05) is 0 Å². The molecular formula is C8H9BrF3NOS. The maximum atomic E-state index is 11.9. The molecule has 1 unspecified atom stereocenters. The van der Waals surface area contributed by atoms with E-state index in [4.69, 9.17) is 5.11 Å².